The molecule has 2 atom stereocenters. The minimum atomic E-state index is -0.694. The van der Waals surface area contributed by atoms with Crippen molar-refractivity contribution in [2.45, 2.75) is 32.7 Å². The molecule has 2 aromatic rings. The standard InChI is InChI=1S/C22H27NO3/c1-15-9-10-16(2)20(12-15)21(17-6-4-8-19(13-17)26-3)23-11-5-7-18(14-23)22(24)25/h4,6,8-10,12-13,18,21H,5,7,11,14H2,1-3H3,(H,24,25). The van der Waals surface area contributed by atoms with Crippen molar-refractivity contribution in [2.24, 2.45) is 5.92 Å². The fourth-order valence-electron chi connectivity index (χ4n) is 3.90. The molecule has 0 amide bonds. The molecule has 4 nitrogen and oxygen atoms in total. The summed E-state index contributed by atoms with van der Waals surface area (Å²) in [6.07, 6.45) is 1.66. The van der Waals surface area contributed by atoms with Gasteiger partial charge in [0.15, 0.2) is 0 Å². The molecule has 0 aromatic heterocycles. The molecular formula is C22H27NO3. The number of aliphatic carboxylic acids is 1. The Labute approximate surface area is 155 Å². The second kappa shape index (κ2) is 7.92. The van der Waals surface area contributed by atoms with Crippen LogP contribution in [0.5, 0.6) is 5.75 Å². The summed E-state index contributed by atoms with van der Waals surface area (Å²) in [7, 11) is 1.67. The zero-order valence-electron chi connectivity index (χ0n) is 15.7. The SMILES string of the molecule is COc1cccc(C(c2cc(C)ccc2C)N2CCCC(C(=O)O)C2)c1. The van der Waals surface area contributed by atoms with Crippen LogP contribution in [0.25, 0.3) is 0 Å². The fourth-order valence-corrected chi connectivity index (χ4v) is 3.90. The molecule has 1 heterocycles. The monoisotopic (exact) mass is 353 g/mol. The number of carbonyl (C=O) groups is 1. The highest BCUT2D eigenvalue weighted by Crippen LogP contribution is 2.35. The lowest BCUT2D eigenvalue weighted by Crippen LogP contribution is -2.41. The summed E-state index contributed by atoms with van der Waals surface area (Å²) in [5.74, 6) is -0.174. The molecule has 0 aliphatic carbocycles. The maximum Gasteiger partial charge on any atom is 0.307 e. The third kappa shape index (κ3) is 3.91. The molecule has 1 N–H and O–H groups in total. The van der Waals surface area contributed by atoms with Gasteiger partial charge in [-0.05, 0) is 62.1 Å². The van der Waals surface area contributed by atoms with Crippen LogP contribution in [0.2, 0.25) is 0 Å². The number of hydrogen-bond donors (Lipinski definition) is 1. The van der Waals surface area contributed by atoms with E-state index in [2.05, 4.69) is 49.1 Å². The van der Waals surface area contributed by atoms with Gasteiger partial charge < -0.3 is 9.84 Å². The molecule has 1 fully saturated rings. The Morgan fingerprint density at radius 3 is 2.77 bits per heavy atom. The van der Waals surface area contributed by atoms with Crippen molar-refractivity contribution in [3.63, 3.8) is 0 Å². The Balaban J connectivity index is 2.06. The topological polar surface area (TPSA) is 49.8 Å². The third-order valence-electron chi connectivity index (χ3n) is 5.31. The van der Waals surface area contributed by atoms with Crippen molar-refractivity contribution >= 4 is 5.97 Å². The average molecular weight is 353 g/mol. The van der Waals surface area contributed by atoms with Gasteiger partial charge in [-0.25, -0.2) is 0 Å². The normalized spacial score (nSPS) is 19.1. The van der Waals surface area contributed by atoms with Crippen LogP contribution in [0.3, 0.4) is 0 Å². The minimum absolute atomic E-state index is 0.0344. The Morgan fingerprint density at radius 1 is 1.23 bits per heavy atom. The molecule has 1 aliphatic heterocycles. The van der Waals surface area contributed by atoms with Crippen molar-refractivity contribution in [2.75, 3.05) is 20.2 Å². The number of rotatable bonds is 5. The van der Waals surface area contributed by atoms with E-state index in [1.165, 1.54) is 16.7 Å². The van der Waals surface area contributed by atoms with Gasteiger partial charge in [-0.1, -0.05) is 35.9 Å². The number of carboxylic acid groups (broad SMARTS) is 1. The second-order valence-electron chi connectivity index (χ2n) is 7.21. The van der Waals surface area contributed by atoms with Crippen LogP contribution in [-0.4, -0.2) is 36.2 Å². The van der Waals surface area contributed by atoms with Crippen molar-refractivity contribution < 1.29 is 14.6 Å². The van der Waals surface area contributed by atoms with Crippen molar-refractivity contribution in [3.8, 4) is 5.75 Å². The first kappa shape index (κ1) is 18.5. The molecule has 2 unspecified atom stereocenters. The summed E-state index contributed by atoms with van der Waals surface area (Å²) < 4.78 is 5.43. The first-order valence-corrected chi connectivity index (χ1v) is 9.17. The van der Waals surface area contributed by atoms with Crippen LogP contribution in [0.15, 0.2) is 42.5 Å². The van der Waals surface area contributed by atoms with Crippen LogP contribution >= 0.6 is 0 Å². The lowest BCUT2D eigenvalue weighted by Gasteiger charge is -2.38. The van der Waals surface area contributed by atoms with Gasteiger partial charge in [-0.3, -0.25) is 9.69 Å². The predicted octanol–water partition coefficient (Wildman–Crippen LogP) is 4.20. The number of nitrogens with zero attached hydrogens (tertiary/aromatic N) is 1. The first-order chi connectivity index (χ1) is 12.5. The van der Waals surface area contributed by atoms with E-state index in [-0.39, 0.29) is 12.0 Å². The van der Waals surface area contributed by atoms with Crippen LogP contribution < -0.4 is 4.74 Å². The highest BCUT2D eigenvalue weighted by atomic mass is 16.5. The molecule has 0 saturated carbocycles. The van der Waals surface area contributed by atoms with Gasteiger partial charge in [-0.2, -0.15) is 0 Å². The second-order valence-corrected chi connectivity index (χ2v) is 7.21. The summed E-state index contributed by atoms with van der Waals surface area (Å²) in [5.41, 5.74) is 4.82. The van der Waals surface area contributed by atoms with Gasteiger partial charge in [0.1, 0.15) is 5.75 Å². The molecule has 3 rings (SSSR count). The van der Waals surface area contributed by atoms with Crippen molar-refractivity contribution in [1.82, 2.24) is 4.90 Å². The van der Waals surface area contributed by atoms with E-state index in [1.807, 2.05) is 12.1 Å². The maximum atomic E-state index is 11.6. The highest BCUT2D eigenvalue weighted by molar-refractivity contribution is 5.70. The van der Waals surface area contributed by atoms with Gasteiger partial charge in [0, 0.05) is 6.54 Å². The smallest absolute Gasteiger partial charge is 0.307 e. The van der Waals surface area contributed by atoms with Crippen molar-refractivity contribution in [1.29, 1.82) is 0 Å². The van der Waals surface area contributed by atoms with E-state index < -0.39 is 5.97 Å². The summed E-state index contributed by atoms with van der Waals surface area (Å²) in [6, 6.07) is 14.7. The average Bonchev–Trinajstić information content (AvgIpc) is 2.65. The molecule has 0 bridgehead atoms. The van der Waals surface area contributed by atoms with Crippen LogP contribution in [0.1, 0.15) is 41.1 Å². The molecule has 1 saturated heterocycles. The number of ether oxygens (including phenoxy) is 1. The number of methoxy groups -OCH3 is 1. The van der Waals surface area contributed by atoms with Gasteiger partial charge >= 0.3 is 5.97 Å². The van der Waals surface area contributed by atoms with Gasteiger partial charge in [0.25, 0.3) is 0 Å². The molecule has 4 heteroatoms. The zero-order chi connectivity index (χ0) is 18.7. The summed E-state index contributed by atoms with van der Waals surface area (Å²) in [6.45, 7) is 5.70. The highest BCUT2D eigenvalue weighted by Gasteiger charge is 2.32. The molecule has 2 aromatic carbocycles. The Bertz CT molecular complexity index is 787. The molecule has 0 radical (unpaired) electrons. The molecule has 26 heavy (non-hydrogen) atoms. The number of piperidine rings is 1. The lowest BCUT2D eigenvalue weighted by molar-refractivity contribution is -0.143. The molecule has 138 valence electrons. The molecule has 0 spiro atoms. The van der Waals surface area contributed by atoms with Crippen LogP contribution in [0.4, 0.5) is 0 Å². The Kier molecular flexibility index (Phi) is 5.62. The minimum Gasteiger partial charge on any atom is -0.497 e. The predicted molar refractivity (Wildman–Crippen MR) is 103 cm³/mol. The van der Waals surface area contributed by atoms with E-state index in [1.54, 1.807) is 7.11 Å². The Hall–Kier alpha value is -2.33. The fraction of sp³-hybridized carbons (Fsp3) is 0.409. The first-order valence-electron chi connectivity index (χ1n) is 9.17. The number of benzene rings is 2. The summed E-state index contributed by atoms with van der Waals surface area (Å²) in [5, 5.41) is 9.51. The maximum absolute atomic E-state index is 11.6. The summed E-state index contributed by atoms with van der Waals surface area (Å²) >= 11 is 0. The van der Waals surface area contributed by atoms with Crippen LogP contribution in [0, 0.1) is 19.8 Å². The van der Waals surface area contributed by atoms with E-state index in [9.17, 15) is 9.90 Å². The van der Waals surface area contributed by atoms with E-state index in [4.69, 9.17) is 4.74 Å². The quantitative estimate of drug-likeness (QED) is 0.875. The van der Waals surface area contributed by atoms with Crippen LogP contribution in [-0.2, 0) is 4.79 Å². The molecular weight excluding hydrogens is 326 g/mol. The number of hydrogen-bond acceptors (Lipinski definition) is 3. The van der Waals surface area contributed by atoms with E-state index >= 15 is 0 Å². The van der Waals surface area contributed by atoms with Gasteiger partial charge in [0.2, 0.25) is 0 Å². The molecule has 1 aliphatic rings. The summed E-state index contributed by atoms with van der Waals surface area (Å²) in [4.78, 5) is 13.9. The number of likely N-dealkylation sites (tertiary alicyclic amines) is 1. The number of carboxylic acids is 1. The van der Waals surface area contributed by atoms with Gasteiger partial charge in [0.05, 0.1) is 19.1 Å². The number of aryl methyl sites for hydroxylation is 2. The third-order valence-corrected chi connectivity index (χ3v) is 5.31. The largest absolute Gasteiger partial charge is 0.497 e. The Morgan fingerprint density at radius 2 is 2.04 bits per heavy atom. The zero-order valence-corrected chi connectivity index (χ0v) is 15.7. The van der Waals surface area contributed by atoms with Crippen molar-refractivity contribution in [3.05, 3.63) is 64.7 Å². The van der Waals surface area contributed by atoms with E-state index in [0.29, 0.717) is 6.54 Å². The van der Waals surface area contributed by atoms with Gasteiger partial charge in [-0.15, -0.1) is 0 Å². The lowest BCUT2D eigenvalue weighted by atomic mass is 9.89. The van der Waals surface area contributed by atoms with E-state index in [0.717, 1.165) is 30.7 Å².